The van der Waals surface area contributed by atoms with Gasteiger partial charge >= 0.3 is 0 Å². The quantitative estimate of drug-likeness (QED) is 0.600. The zero-order valence-corrected chi connectivity index (χ0v) is 10.9. The van der Waals surface area contributed by atoms with Crippen LogP contribution in [-0.4, -0.2) is 5.33 Å². The third-order valence-corrected chi connectivity index (χ3v) is 5.06. The van der Waals surface area contributed by atoms with Crippen LogP contribution in [0.5, 0.6) is 0 Å². The highest BCUT2D eigenvalue weighted by atomic mass is 79.9. The van der Waals surface area contributed by atoms with Gasteiger partial charge in [-0.15, -0.1) is 0 Å². The van der Waals surface area contributed by atoms with E-state index in [1.807, 2.05) is 0 Å². The van der Waals surface area contributed by atoms with Crippen molar-refractivity contribution in [1.29, 1.82) is 0 Å². The van der Waals surface area contributed by atoms with Gasteiger partial charge in [-0.3, -0.25) is 0 Å². The van der Waals surface area contributed by atoms with Crippen LogP contribution < -0.4 is 0 Å². The monoisotopic (exact) mass is 246 g/mol. The smallest absolute Gasteiger partial charge is 0.00880 e. The first-order chi connectivity index (χ1) is 6.16. The highest BCUT2D eigenvalue weighted by Gasteiger charge is 2.41. The molecule has 13 heavy (non-hydrogen) atoms. The molecule has 1 aliphatic carbocycles. The molecule has 0 nitrogen and oxygen atoms in total. The van der Waals surface area contributed by atoms with Gasteiger partial charge in [0.25, 0.3) is 0 Å². The average Bonchev–Trinajstić information content (AvgIpc) is 2.97. The van der Waals surface area contributed by atoms with Crippen molar-refractivity contribution in [3.63, 3.8) is 0 Å². The largest absolute Gasteiger partial charge is 0.0922 e. The van der Waals surface area contributed by atoms with Crippen LogP contribution in [0.15, 0.2) is 0 Å². The maximum atomic E-state index is 3.70. The van der Waals surface area contributed by atoms with Crippen molar-refractivity contribution in [2.75, 3.05) is 5.33 Å². The molecule has 0 aromatic carbocycles. The van der Waals surface area contributed by atoms with Gasteiger partial charge in [-0.25, -0.2) is 0 Å². The molecule has 1 rings (SSSR count). The minimum Gasteiger partial charge on any atom is -0.0922 e. The molecule has 1 fully saturated rings. The first-order valence-corrected chi connectivity index (χ1v) is 6.84. The number of hydrogen-bond acceptors (Lipinski definition) is 0. The molecule has 0 saturated heterocycles. The lowest BCUT2D eigenvalue weighted by Gasteiger charge is -2.31. The minimum atomic E-state index is 0.594. The molecule has 0 aromatic heterocycles. The molecule has 0 aromatic rings. The van der Waals surface area contributed by atoms with Crippen LogP contribution in [0.3, 0.4) is 0 Å². The first-order valence-electron chi connectivity index (χ1n) is 5.72. The molecule has 0 bridgehead atoms. The number of rotatable bonds is 6. The van der Waals surface area contributed by atoms with Crippen LogP contribution in [0.25, 0.3) is 0 Å². The van der Waals surface area contributed by atoms with E-state index < -0.39 is 0 Å². The van der Waals surface area contributed by atoms with E-state index in [4.69, 9.17) is 0 Å². The fourth-order valence-corrected chi connectivity index (χ4v) is 3.03. The second-order valence-corrected chi connectivity index (χ2v) is 5.51. The Morgan fingerprint density at radius 3 is 2.15 bits per heavy atom. The van der Waals surface area contributed by atoms with Crippen LogP contribution in [-0.2, 0) is 0 Å². The van der Waals surface area contributed by atoms with Gasteiger partial charge in [-0.05, 0) is 36.5 Å². The number of halogens is 1. The van der Waals surface area contributed by atoms with E-state index in [0.717, 1.165) is 11.8 Å². The Kier molecular flexibility index (Phi) is 4.28. The second kappa shape index (κ2) is 4.82. The molecule has 1 atom stereocenters. The van der Waals surface area contributed by atoms with Gasteiger partial charge in [-0.1, -0.05) is 49.5 Å². The highest BCUT2D eigenvalue weighted by molar-refractivity contribution is 9.09. The summed E-state index contributed by atoms with van der Waals surface area (Å²) in [6.07, 6.45) is 7.08. The van der Waals surface area contributed by atoms with Gasteiger partial charge < -0.3 is 0 Å². The maximum absolute atomic E-state index is 3.70. The van der Waals surface area contributed by atoms with Crippen molar-refractivity contribution >= 4 is 15.9 Å². The van der Waals surface area contributed by atoms with Crippen LogP contribution in [0.2, 0.25) is 0 Å². The molecule has 1 saturated carbocycles. The predicted octanol–water partition coefficient (Wildman–Crippen LogP) is 4.62. The summed E-state index contributed by atoms with van der Waals surface area (Å²) >= 11 is 3.70. The summed E-state index contributed by atoms with van der Waals surface area (Å²) in [5.74, 6) is 1.97. The van der Waals surface area contributed by atoms with Gasteiger partial charge in [0, 0.05) is 5.33 Å². The Morgan fingerprint density at radius 1 is 1.31 bits per heavy atom. The van der Waals surface area contributed by atoms with Crippen molar-refractivity contribution in [3.8, 4) is 0 Å². The molecule has 0 spiro atoms. The van der Waals surface area contributed by atoms with Crippen molar-refractivity contribution in [3.05, 3.63) is 0 Å². The van der Waals surface area contributed by atoms with E-state index in [9.17, 15) is 0 Å². The Labute approximate surface area is 91.6 Å². The Bertz CT molecular complexity index is 147. The summed E-state index contributed by atoms with van der Waals surface area (Å²) in [5.41, 5.74) is 0.594. The molecular weight excluding hydrogens is 224 g/mol. The van der Waals surface area contributed by atoms with E-state index >= 15 is 0 Å². The molecule has 0 aliphatic heterocycles. The normalized spacial score (nSPS) is 21.9. The number of alkyl halides is 1. The molecule has 0 amide bonds. The van der Waals surface area contributed by atoms with Crippen molar-refractivity contribution in [2.45, 2.75) is 52.9 Å². The summed E-state index contributed by atoms with van der Waals surface area (Å²) in [5, 5.41) is 1.20. The maximum Gasteiger partial charge on any atom is 0.00880 e. The number of hydrogen-bond donors (Lipinski definition) is 0. The molecule has 1 heteroatoms. The van der Waals surface area contributed by atoms with Crippen molar-refractivity contribution in [2.24, 2.45) is 17.3 Å². The van der Waals surface area contributed by atoms with Crippen LogP contribution in [0, 0.1) is 17.3 Å². The van der Waals surface area contributed by atoms with E-state index in [2.05, 4.69) is 36.7 Å². The minimum absolute atomic E-state index is 0.594. The first kappa shape index (κ1) is 11.6. The summed E-state index contributed by atoms with van der Waals surface area (Å²) < 4.78 is 0. The lowest BCUT2D eigenvalue weighted by Crippen LogP contribution is -2.24. The Hall–Kier alpha value is 0.480. The van der Waals surface area contributed by atoms with Gasteiger partial charge in [0.05, 0.1) is 0 Å². The Balaban J connectivity index is 2.45. The van der Waals surface area contributed by atoms with E-state index in [-0.39, 0.29) is 0 Å². The molecule has 0 N–H and O–H groups in total. The Morgan fingerprint density at radius 2 is 1.85 bits per heavy atom. The standard InChI is InChI=1S/C12H23Br/c1-4-10(5-2)8-12(3,9-13)11-6-7-11/h10-11H,4-9H2,1-3H3. The molecular formula is C12H23Br. The summed E-state index contributed by atoms with van der Waals surface area (Å²) in [6, 6.07) is 0. The van der Waals surface area contributed by atoms with E-state index in [1.54, 1.807) is 0 Å². The van der Waals surface area contributed by atoms with Crippen LogP contribution in [0.4, 0.5) is 0 Å². The molecule has 1 aliphatic rings. The third kappa shape index (κ3) is 2.97. The van der Waals surface area contributed by atoms with Gasteiger partial charge in [0.1, 0.15) is 0 Å². The fourth-order valence-electron chi connectivity index (χ4n) is 2.35. The SMILES string of the molecule is CCC(CC)CC(C)(CBr)C1CC1. The van der Waals surface area contributed by atoms with Crippen LogP contribution in [0.1, 0.15) is 52.9 Å². The van der Waals surface area contributed by atoms with Crippen molar-refractivity contribution < 1.29 is 0 Å². The zero-order valence-electron chi connectivity index (χ0n) is 9.28. The molecule has 1 unspecified atom stereocenters. The summed E-state index contributed by atoms with van der Waals surface area (Å²) in [7, 11) is 0. The predicted molar refractivity (Wildman–Crippen MR) is 63.3 cm³/mol. The highest BCUT2D eigenvalue weighted by Crippen LogP contribution is 2.50. The third-order valence-electron chi connectivity index (χ3n) is 3.78. The zero-order chi connectivity index (χ0) is 9.90. The lowest BCUT2D eigenvalue weighted by atomic mass is 9.77. The lowest BCUT2D eigenvalue weighted by molar-refractivity contribution is 0.229. The van der Waals surface area contributed by atoms with Crippen LogP contribution >= 0.6 is 15.9 Å². The second-order valence-electron chi connectivity index (χ2n) is 4.95. The summed E-state index contributed by atoms with van der Waals surface area (Å²) in [4.78, 5) is 0. The average molecular weight is 247 g/mol. The van der Waals surface area contributed by atoms with Gasteiger partial charge in [-0.2, -0.15) is 0 Å². The topological polar surface area (TPSA) is 0 Å². The van der Waals surface area contributed by atoms with Gasteiger partial charge in [0.15, 0.2) is 0 Å². The summed E-state index contributed by atoms with van der Waals surface area (Å²) in [6.45, 7) is 7.13. The molecule has 78 valence electrons. The van der Waals surface area contributed by atoms with E-state index in [1.165, 1.54) is 37.4 Å². The van der Waals surface area contributed by atoms with Crippen molar-refractivity contribution in [1.82, 2.24) is 0 Å². The molecule has 0 heterocycles. The molecule has 0 radical (unpaired) electrons. The van der Waals surface area contributed by atoms with Gasteiger partial charge in [0.2, 0.25) is 0 Å². The van der Waals surface area contributed by atoms with E-state index in [0.29, 0.717) is 5.41 Å². The fraction of sp³-hybridized carbons (Fsp3) is 1.00.